The average Bonchev–Trinajstić information content (AvgIpc) is 3.69. The zero-order valence-electron chi connectivity index (χ0n) is 33.1. The summed E-state index contributed by atoms with van der Waals surface area (Å²) < 4.78 is 2.29. The number of fused-ring (bicyclic) bond motifs is 3. The van der Waals surface area contributed by atoms with Crippen molar-refractivity contribution in [2.45, 2.75) is 0 Å². The van der Waals surface area contributed by atoms with Crippen molar-refractivity contribution in [3.63, 3.8) is 0 Å². The average molecular weight is 780 g/mol. The monoisotopic (exact) mass is 779 g/mol. The molecule has 8 aromatic carbocycles. The van der Waals surface area contributed by atoms with Crippen LogP contribution in [0.4, 0.5) is 0 Å². The van der Waals surface area contributed by atoms with E-state index in [4.69, 9.17) is 19.9 Å². The van der Waals surface area contributed by atoms with Gasteiger partial charge in [-0.3, -0.25) is 0 Å². The minimum Gasteiger partial charge on any atom is -0.306 e. The molecule has 0 spiro atoms. The predicted octanol–water partition coefficient (Wildman–Crippen LogP) is 14.0. The van der Waals surface area contributed by atoms with Crippen LogP contribution in [0.1, 0.15) is 0 Å². The Hall–Kier alpha value is -8.28. The first-order valence-electron chi connectivity index (χ1n) is 20.5. The van der Waals surface area contributed by atoms with Crippen LogP contribution in [0.3, 0.4) is 0 Å². The van der Waals surface area contributed by atoms with E-state index in [1.165, 1.54) is 0 Å². The van der Waals surface area contributed by atoms with Gasteiger partial charge in [-0.15, -0.1) is 0 Å². The number of hydrogen-bond donors (Lipinski definition) is 0. The smallest absolute Gasteiger partial charge is 0.160 e. The van der Waals surface area contributed by atoms with Gasteiger partial charge >= 0.3 is 0 Å². The lowest BCUT2D eigenvalue weighted by Gasteiger charge is -2.13. The van der Waals surface area contributed by atoms with Gasteiger partial charge in [0.15, 0.2) is 11.6 Å². The van der Waals surface area contributed by atoms with Crippen molar-refractivity contribution in [2.24, 2.45) is 0 Å². The van der Waals surface area contributed by atoms with Gasteiger partial charge in [-0.1, -0.05) is 182 Å². The lowest BCUT2D eigenvalue weighted by molar-refractivity contribution is 1.15. The van der Waals surface area contributed by atoms with Gasteiger partial charge in [0.25, 0.3) is 0 Å². The quantitative estimate of drug-likeness (QED) is 0.154. The van der Waals surface area contributed by atoms with Gasteiger partial charge in [0, 0.05) is 38.9 Å². The first kappa shape index (κ1) is 35.8. The molecule has 0 saturated carbocycles. The highest BCUT2D eigenvalue weighted by Gasteiger charge is 2.21. The van der Waals surface area contributed by atoms with Crippen molar-refractivity contribution in [3.05, 3.63) is 224 Å². The summed E-state index contributed by atoms with van der Waals surface area (Å²) >= 11 is 0. The molecule has 5 nitrogen and oxygen atoms in total. The third-order valence-electron chi connectivity index (χ3n) is 11.2. The maximum absolute atomic E-state index is 5.37. The van der Waals surface area contributed by atoms with Crippen molar-refractivity contribution >= 4 is 21.9 Å². The highest BCUT2D eigenvalue weighted by Crippen LogP contribution is 2.39. The molecule has 0 radical (unpaired) electrons. The molecule has 0 saturated heterocycles. The van der Waals surface area contributed by atoms with Gasteiger partial charge in [-0.25, -0.2) is 19.9 Å². The van der Waals surface area contributed by atoms with E-state index in [0.29, 0.717) is 11.6 Å². The zero-order chi connectivity index (χ0) is 40.5. The van der Waals surface area contributed by atoms with Gasteiger partial charge in [0.2, 0.25) is 0 Å². The largest absolute Gasteiger partial charge is 0.306 e. The molecule has 0 bridgehead atoms. The standard InChI is InChI=1S/C56H37N5/c1-5-18-38(19-6-1)49-37-50(58-55(57-49)40-22-9-3-10-23-40)45-28-16-26-43(35-45)41-24-15-25-42(34-41)44-27-17-29-46(36-44)56-59-52(39-20-7-2-8-21-39)54-53(60-56)48-32-13-14-33-51(48)61(54)47-30-11-4-12-31-47/h1-37H. The Labute approximate surface area is 354 Å². The van der Waals surface area contributed by atoms with Crippen LogP contribution in [0.25, 0.3) is 106 Å². The highest BCUT2D eigenvalue weighted by atomic mass is 15.0. The Bertz CT molecular complexity index is 3280. The van der Waals surface area contributed by atoms with E-state index in [1.54, 1.807) is 0 Å². The summed E-state index contributed by atoms with van der Waals surface area (Å²) in [6.07, 6.45) is 0. The first-order chi connectivity index (χ1) is 30.2. The van der Waals surface area contributed by atoms with Crippen molar-refractivity contribution in [1.29, 1.82) is 0 Å². The van der Waals surface area contributed by atoms with E-state index in [-0.39, 0.29) is 0 Å². The summed E-state index contributed by atoms with van der Waals surface area (Å²) in [5, 5.41) is 1.09. The van der Waals surface area contributed by atoms with Crippen LogP contribution in [0.2, 0.25) is 0 Å². The molecule has 11 aromatic rings. The Balaban J connectivity index is 0.995. The minimum absolute atomic E-state index is 0.683. The number of para-hydroxylation sites is 2. The molecule has 5 heteroatoms. The zero-order valence-corrected chi connectivity index (χ0v) is 33.1. The van der Waals surface area contributed by atoms with Crippen LogP contribution in [0.15, 0.2) is 224 Å². The summed E-state index contributed by atoms with van der Waals surface area (Å²) in [6.45, 7) is 0. The lowest BCUT2D eigenvalue weighted by atomic mass is 9.96. The van der Waals surface area contributed by atoms with E-state index in [0.717, 1.165) is 94.8 Å². The van der Waals surface area contributed by atoms with Crippen molar-refractivity contribution in [2.75, 3.05) is 0 Å². The summed E-state index contributed by atoms with van der Waals surface area (Å²) in [6, 6.07) is 77.9. The molecule has 0 fully saturated rings. The second-order valence-electron chi connectivity index (χ2n) is 15.1. The predicted molar refractivity (Wildman–Crippen MR) is 250 cm³/mol. The van der Waals surface area contributed by atoms with Crippen LogP contribution in [0, 0.1) is 0 Å². The molecule has 61 heavy (non-hydrogen) atoms. The van der Waals surface area contributed by atoms with E-state index in [1.807, 2.05) is 48.5 Å². The Morgan fingerprint density at radius 3 is 1.38 bits per heavy atom. The van der Waals surface area contributed by atoms with Gasteiger partial charge in [0.05, 0.1) is 28.1 Å². The van der Waals surface area contributed by atoms with Crippen LogP contribution in [-0.4, -0.2) is 24.5 Å². The topological polar surface area (TPSA) is 56.5 Å². The minimum atomic E-state index is 0.683. The number of aromatic nitrogens is 5. The normalized spacial score (nSPS) is 11.3. The van der Waals surface area contributed by atoms with Crippen molar-refractivity contribution in [1.82, 2.24) is 24.5 Å². The molecule has 11 rings (SSSR count). The van der Waals surface area contributed by atoms with Gasteiger partial charge in [-0.05, 0) is 64.7 Å². The van der Waals surface area contributed by atoms with Crippen LogP contribution < -0.4 is 0 Å². The molecule has 0 amide bonds. The number of hydrogen-bond acceptors (Lipinski definition) is 4. The summed E-state index contributed by atoms with van der Waals surface area (Å²) in [5.41, 5.74) is 16.2. The van der Waals surface area contributed by atoms with Crippen LogP contribution >= 0.6 is 0 Å². The highest BCUT2D eigenvalue weighted by molar-refractivity contribution is 6.11. The molecule has 0 aliphatic carbocycles. The number of nitrogens with zero attached hydrogens (tertiary/aromatic N) is 5. The Kier molecular flexibility index (Phi) is 9.10. The third kappa shape index (κ3) is 6.84. The second-order valence-corrected chi connectivity index (χ2v) is 15.1. The molecule has 286 valence electrons. The fourth-order valence-electron chi connectivity index (χ4n) is 8.26. The molecule has 3 aromatic heterocycles. The van der Waals surface area contributed by atoms with E-state index in [9.17, 15) is 0 Å². The Morgan fingerprint density at radius 2 is 0.738 bits per heavy atom. The summed E-state index contributed by atoms with van der Waals surface area (Å²) in [5.74, 6) is 1.38. The molecule has 3 heterocycles. The molecule has 0 aliphatic rings. The van der Waals surface area contributed by atoms with Gasteiger partial charge in [0.1, 0.15) is 5.52 Å². The van der Waals surface area contributed by atoms with E-state index >= 15 is 0 Å². The van der Waals surface area contributed by atoms with Gasteiger partial charge < -0.3 is 4.57 Å². The molecule has 0 aliphatic heterocycles. The van der Waals surface area contributed by atoms with Crippen LogP contribution in [-0.2, 0) is 0 Å². The van der Waals surface area contributed by atoms with Crippen molar-refractivity contribution < 1.29 is 0 Å². The molecule has 0 atom stereocenters. The second kappa shape index (κ2) is 15.5. The molecular formula is C56H37N5. The SMILES string of the molecule is c1ccc(-c2cc(-c3cccc(-c4cccc(-c5cccc(-c6nc(-c7ccccc7)c7c(n6)c6ccccc6n7-c6ccccc6)c5)c4)c3)nc(-c3ccccc3)n2)cc1. The Morgan fingerprint density at radius 1 is 0.295 bits per heavy atom. The van der Waals surface area contributed by atoms with E-state index in [2.05, 4.69) is 180 Å². The maximum atomic E-state index is 5.37. The number of benzene rings is 8. The van der Waals surface area contributed by atoms with Crippen molar-refractivity contribution in [3.8, 4) is 84.5 Å². The molecule has 0 N–H and O–H groups in total. The molecule has 0 unspecified atom stereocenters. The number of rotatable bonds is 8. The van der Waals surface area contributed by atoms with E-state index < -0.39 is 0 Å². The van der Waals surface area contributed by atoms with Crippen LogP contribution in [0.5, 0.6) is 0 Å². The summed E-state index contributed by atoms with van der Waals surface area (Å²) in [4.78, 5) is 20.8. The van der Waals surface area contributed by atoms with Gasteiger partial charge in [-0.2, -0.15) is 0 Å². The fourth-order valence-corrected chi connectivity index (χ4v) is 8.26. The fraction of sp³-hybridized carbons (Fsp3) is 0. The molecular weight excluding hydrogens is 743 g/mol. The lowest BCUT2D eigenvalue weighted by Crippen LogP contribution is -1.99. The maximum Gasteiger partial charge on any atom is 0.160 e. The first-order valence-corrected chi connectivity index (χ1v) is 20.5. The third-order valence-corrected chi connectivity index (χ3v) is 11.2. The summed E-state index contributed by atoms with van der Waals surface area (Å²) in [7, 11) is 0.